The molecule has 0 aliphatic carbocycles. The van der Waals surface area contributed by atoms with Crippen LogP contribution in [0.5, 0.6) is 5.75 Å². The van der Waals surface area contributed by atoms with Gasteiger partial charge in [-0.3, -0.25) is 5.41 Å². The Morgan fingerprint density at radius 3 is 2.76 bits per heavy atom. The van der Waals surface area contributed by atoms with E-state index in [0.29, 0.717) is 38.6 Å². The molecular weight excluding hydrogens is 463 g/mol. The lowest BCUT2D eigenvalue weighted by atomic mass is 9.79. The number of aromatic nitrogens is 3. The third kappa shape index (κ3) is 4.34. The minimum Gasteiger partial charge on any atom is -0.489 e. The summed E-state index contributed by atoms with van der Waals surface area (Å²) in [7, 11) is 0. The van der Waals surface area contributed by atoms with Gasteiger partial charge in [0.05, 0.1) is 23.5 Å². The molecule has 2 fully saturated rings. The number of rotatable bonds is 6. The molecule has 2 aliphatic heterocycles. The van der Waals surface area contributed by atoms with Crippen molar-refractivity contribution in [1.29, 1.82) is 5.41 Å². The van der Waals surface area contributed by atoms with Crippen molar-refractivity contribution in [2.45, 2.75) is 13.0 Å². The van der Waals surface area contributed by atoms with Gasteiger partial charge in [0, 0.05) is 53.7 Å². The van der Waals surface area contributed by atoms with Crippen molar-refractivity contribution in [3.8, 4) is 5.75 Å². The van der Waals surface area contributed by atoms with Gasteiger partial charge in [-0.1, -0.05) is 23.2 Å². The van der Waals surface area contributed by atoms with E-state index in [1.165, 1.54) is 6.20 Å². The largest absolute Gasteiger partial charge is 0.489 e. The van der Waals surface area contributed by atoms with E-state index in [1.54, 1.807) is 24.4 Å². The molecule has 2 aromatic heterocycles. The van der Waals surface area contributed by atoms with Crippen molar-refractivity contribution >= 4 is 40.4 Å². The van der Waals surface area contributed by atoms with Gasteiger partial charge in [0.1, 0.15) is 18.2 Å². The maximum Gasteiger partial charge on any atom is 0.159 e. The number of halogens is 2. The lowest BCUT2D eigenvalue weighted by Gasteiger charge is -2.47. The fraction of sp³-hybridized carbons (Fsp3) is 0.304. The Morgan fingerprint density at radius 1 is 1.21 bits per heavy atom. The number of nitrogens with zero attached hydrogens (tertiary/aromatic N) is 4. The van der Waals surface area contributed by atoms with Gasteiger partial charge in [0.2, 0.25) is 0 Å². The van der Waals surface area contributed by atoms with Crippen LogP contribution in [0.3, 0.4) is 0 Å². The minimum atomic E-state index is 0.114. The average molecular weight is 485 g/mol. The zero-order valence-electron chi connectivity index (χ0n) is 17.7. The summed E-state index contributed by atoms with van der Waals surface area (Å²) in [5, 5.41) is 16.7. The molecule has 0 saturated carbocycles. The Kier molecular flexibility index (Phi) is 5.82. The molecule has 8 nitrogen and oxygen atoms in total. The van der Waals surface area contributed by atoms with Crippen LogP contribution in [0.15, 0.2) is 42.7 Å². The lowest BCUT2D eigenvalue weighted by molar-refractivity contribution is 0.131. The van der Waals surface area contributed by atoms with E-state index in [9.17, 15) is 0 Å². The number of nitrogens with two attached hydrogens (primary N) is 1. The molecule has 3 aromatic rings. The molecule has 4 heterocycles. The minimum absolute atomic E-state index is 0.114. The SMILES string of the molecule is N=C(c1ccc(N2CC3(CCOC3)C2)nc1)c1cc(OCc2c(Cl)cnnc2Cl)ccc1N. The predicted octanol–water partition coefficient (Wildman–Crippen LogP) is 3.98. The van der Waals surface area contributed by atoms with Crippen molar-refractivity contribution in [2.75, 3.05) is 36.9 Å². The third-order valence-electron chi connectivity index (χ3n) is 6.13. The quantitative estimate of drug-likeness (QED) is 0.401. The first-order valence-electron chi connectivity index (χ1n) is 10.5. The Hall–Kier alpha value is -2.94. The van der Waals surface area contributed by atoms with Crippen LogP contribution in [-0.2, 0) is 11.3 Å². The molecule has 2 saturated heterocycles. The van der Waals surface area contributed by atoms with Crippen LogP contribution in [0, 0.1) is 10.8 Å². The average Bonchev–Trinajstić information content (AvgIpc) is 3.29. The topological polar surface area (TPSA) is 110 Å². The highest BCUT2D eigenvalue weighted by Crippen LogP contribution is 2.40. The van der Waals surface area contributed by atoms with Gasteiger partial charge in [0.15, 0.2) is 5.15 Å². The molecule has 5 rings (SSSR count). The maximum atomic E-state index is 8.67. The molecule has 170 valence electrons. The highest BCUT2D eigenvalue weighted by Gasteiger charge is 2.46. The number of nitrogen functional groups attached to an aromatic ring is 1. The van der Waals surface area contributed by atoms with Gasteiger partial charge in [-0.15, -0.1) is 5.10 Å². The number of nitrogens with one attached hydrogen (secondary N) is 1. The molecule has 1 aromatic carbocycles. The van der Waals surface area contributed by atoms with E-state index < -0.39 is 0 Å². The van der Waals surface area contributed by atoms with E-state index in [-0.39, 0.29) is 17.5 Å². The van der Waals surface area contributed by atoms with Crippen molar-refractivity contribution < 1.29 is 9.47 Å². The monoisotopic (exact) mass is 484 g/mol. The van der Waals surface area contributed by atoms with E-state index in [4.69, 9.17) is 43.8 Å². The summed E-state index contributed by atoms with van der Waals surface area (Å²) in [5.74, 6) is 1.44. The first-order chi connectivity index (χ1) is 15.9. The van der Waals surface area contributed by atoms with Crippen LogP contribution in [-0.4, -0.2) is 47.2 Å². The molecule has 0 amide bonds. The summed E-state index contributed by atoms with van der Waals surface area (Å²) in [6, 6.07) is 9.01. The molecule has 0 bridgehead atoms. The fourth-order valence-corrected chi connectivity index (χ4v) is 4.63. The summed E-state index contributed by atoms with van der Waals surface area (Å²) in [6.45, 7) is 3.72. The third-order valence-corrected chi connectivity index (χ3v) is 6.76. The second-order valence-corrected chi connectivity index (χ2v) is 9.20. The lowest BCUT2D eigenvalue weighted by Crippen LogP contribution is -2.57. The van der Waals surface area contributed by atoms with Gasteiger partial charge in [-0.25, -0.2) is 4.98 Å². The Morgan fingerprint density at radius 2 is 2.06 bits per heavy atom. The van der Waals surface area contributed by atoms with Crippen molar-refractivity contribution in [3.63, 3.8) is 0 Å². The maximum absolute atomic E-state index is 8.67. The smallest absolute Gasteiger partial charge is 0.159 e. The van der Waals surface area contributed by atoms with Crippen LogP contribution in [0.1, 0.15) is 23.1 Å². The second-order valence-electron chi connectivity index (χ2n) is 8.44. The van der Waals surface area contributed by atoms with Gasteiger partial charge in [0.25, 0.3) is 0 Å². The van der Waals surface area contributed by atoms with E-state index in [2.05, 4.69) is 20.1 Å². The molecule has 0 radical (unpaired) electrons. The number of anilines is 2. The van der Waals surface area contributed by atoms with E-state index in [1.807, 2.05) is 12.1 Å². The second kappa shape index (κ2) is 8.78. The summed E-state index contributed by atoms with van der Waals surface area (Å²) in [5.41, 5.74) is 8.96. The number of hydrogen-bond donors (Lipinski definition) is 2. The zero-order chi connectivity index (χ0) is 23.0. The molecule has 10 heteroatoms. The van der Waals surface area contributed by atoms with Gasteiger partial charge in [-0.05, 0) is 36.8 Å². The number of benzene rings is 1. The van der Waals surface area contributed by atoms with Crippen LogP contribution in [0.25, 0.3) is 0 Å². The highest BCUT2D eigenvalue weighted by atomic mass is 35.5. The molecule has 2 aliphatic rings. The summed E-state index contributed by atoms with van der Waals surface area (Å²) in [4.78, 5) is 6.82. The number of pyridine rings is 1. The molecular formula is C23H22Cl2N6O2. The summed E-state index contributed by atoms with van der Waals surface area (Å²) < 4.78 is 11.4. The summed E-state index contributed by atoms with van der Waals surface area (Å²) >= 11 is 12.2. The van der Waals surface area contributed by atoms with E-state index in [0.717, 1.165) is 38.5 Å². The van der Waals surface area contributed by atoms with Crippen LogP contribution in [0.2, 0.25) is 10.2 Å². The normalized spacial score (nSPS) is 16.6. The van der Waals surface area contributed by atoms with Crippen molar-refractivity contribution in [3.05, 3.63) is 69.6 Å². The number of hydrogen-bond acceptors (Lipinski definition) is 8. The van der Waals surface area contributed by atoms with E-state index >= 15 is 0 Å². The predicted molar refractivity (Wildman–Crippen MR) is 127 cm³/mol. The summed E-state index contributed by atoms with van der Waals surface area (Å²) in [6.07, 6.45) is 4.23. The van der Waals surface area contributed by atoms with Crippen LogP contribution < -0.4 is 15.4 Å². The van der Waals surface area contributed by atoms with Crippen molar-refractivity contribution in [2.24, 2.45) is 5.41 Å². The Bertz CT molecular complexity index is 1170. The van der Waals surface area contributed by atoms with Gasteiger partial charge < -0.3 is 20.1 Å². The first-order valence-corrected chi connectivity index (χ1v) is 11.3. The molecule has 0 unspecified atom stereocenters. The first kappa shape index (κ1) is 21.9. The Labute approximate surface area is 201 Å². The molecule has 0 atom stereocenters. The van der Waals surface area contributed by atoms with Gasteiger partial charge >= 0.3 is 0 Å². The van der Waals surface area contributed by atoms with Crippen molar-refractivity contribution in [1.82, 2.24) is 15.2 Å². The molecule has 3 N–H and O–H groups in total. The fourth-order valence-electron chi connectivity index (χ4n) is 4.19. The van der Waals surface area contributed by atoms with Crippen LogP contribution in [0.4, 0.5) is 11.5 Å². The molecule has 1 spiro atoms. The highest BCUT2D eigenvalue weighted by molar-refractivity contribution is 6.35. The number of ether oxygens (including phenoxy) is 2. The zero-order valence-corrected chi connectivity index (χ0v) is 19.2. The Balaban J connectivity index is 1.28. The van der Waals surface area contributed by atoms with Gasteiger partial charge in [-0.2, -0.15) is 5.10 Å². The standard InChI is InChI=1S/C23H22Cl2N6O2/c24-18-9-29-30-22(25)17(18)10-33-15-2-3-19(26)16(7-15)21(27)14-1-4-20(28-8-14)31-11-23(12-31)5-6-32-13-23/h1-4,7-9,27H,5-6,10-13,26H2. The molecule has 33 heavy (non-hydrogen) atoms. The van der Waals surface area contributed by atoms with Crippen LogP contribution >= 0.6 is 23.2 Å².